The van der Waals surface area contributed by atoms with E-state index in [2.05, 4.69) is 10.3 Å². The standard InChI is InChI=1S/C9H13Cl2N3OS/c1-2-16(15)4-3-13-9-7(11)5-6(10)8(12)14-9/h5H,2-4H2,1H3,(H3,12,13,14). The molecule has 0 amide bonds. The van der Waals surface area contributed by atoms with Gasteiger partial charge in [0, 0.05) is 28.9 Å². The highest BCUT2D eigenvalue weighted by atomic mass is 35.5. The van der Waals surface area contributed by atoms with Crippen LogP contribution < -0.4 is 11.1 Å². The summed E-state index contributed by atoms with van der Waals surface area (Å²) in [5, 5.41) is 3.70. The van der Waals surface area contributed by atoms with Gasteiger partial charge in [-0.2, -0.15) is 0 Å². The summed E-state index contributed by atoms with van der Waals surface area (Å²) in [6.07, 6.45) is 0. The van der Waals surface area contributed by atoms with Crippen LogP contribution in [0.2, 0.25) is 10.0 Å². The van der Waals surface area contributed by atoms with E-state index in [1.165, 1.54) is 6.07 Å². The Hall–Kier alpha value is -0.520. The molecule has 90 valence electrons. The van der Waals surface area contributed by atoms with E-state index in [0.717, 1.165) is 0 Å². The highest BCUT2D eigenvalue weighted by molar-refractivity contribution is 7.84. The molecule has 0 spiro atoms. The molecule has 0 radical (unpaired) electrons. The van der Waals surface area contributed by atoms with E-state index >= 15 is 0 Å². The molecule has 0 aromatic carbocycles. The van der Waals surface area contributed by atoms with Crippen LogP contribution in [0, 0.1) is 0 Å². The Balaban J connectivity index is 2.60. The zero-order valence-corrected chi connectivity index (χ0v) is 11.1. The Bertz CT molecular complexity index is 401. The van der Waals surface area contributed by atoms with Gasteiger partial charge in [-0.05, 0) is 6.07 Å². The number of pyridine rings is 1. The third kappa shape index (κ3) is 3.81. The number of nitrogen functional groups attached to an aromatic ring is 1. The van der Waals surface area contributed by atoms with Crippen molar-refractivity contribution in [3.63, 3.8) is 0 Å². The van der Waals surface area contributed by atoms with Crippen molar-refractivity contribution in [1.29, 1.82) is 0 Å². The van der Waals surface area contributed by atoms with Crippen molar-refractivity contribution in [1.82, 2.24) is 4.98 Å². The Labute approximate surface area is 107 Å². The minimum atomic E-state index is -0.808. The van der Waals surface area contributed by atoms with Crippen LogP contribution in [-0.2, 0) is 10.8 Å². The number of nitrogens with one attached hydrogen (secondary N) is 1. The number of anilines is 2. The fourth-order valence-electron chi connectivity index (χ4n) is 1.03. The van der Waals surface area contributed by atoms with Crippen LogP contribution in [0.25, 0.3) is 0 Å². The number of nitrogens with two attached hydrogens (primary N) is 1. The van der Waals surface area contributed by atoms with E-state index in [0.29, 0.717) is 33.9 Å². The average molecular weight is 282 g/mol. The lowest BCUT2D eigenvalue weighted by Gasteiger charge is -2.08. The van der Waals surface area contributed by atoms with Gasteiger partial charge >= 0.3 is 0 Å². The third-order valence-corrected chi connectivity index (χ3v) is 3.80. The van der Waals surface area contributed by atoms with Crippen LogP contribution in [0.5, 0.6) is 0 Å². The van der Waals surface area contributed by atoms with Gasteiger partial charge in [-0.3, -0.25) is 4.21 Å². The van der Waals surface area contributed by atoms with Crippen molar-refractivity contribution >= 4 is 45.6 Å². The molecule has 0 aliphatic heterocycles. The summed E-state index contributed by atoms with van der Waals surface area (Å²) in [6, 6.07) is 1.53. The maximum atomic E-state index is 11.2. The highest BCUT2D eigenvalue weighted by Gasteiger charge is 2.06. The average Bonchev–Trinajstić information content (AvgIpc) is 2.25. The first-order valence-corrected chi connectivity index (χ1v) is 6.99. The molecule has 0 saturated heterocycles. The molecule has 0 saturated carbocycles. The summed E-state index contributed by atoms with van der Waals surface area (Å²) in [4.78, 5) is 4.00. The molecule has 1 aromatic heterocycles. The molecule has 16 heavy (non-hydrogen) atoms. The lowest BCUT2D eigenvalue weighted by atomic mass is 10.4. The van der Waals surface area contributed by atoms with Crippen LogP contribution in [0.15, 0.2) is 6.07 Å². The molecule has 0 aliphatic rings. The smallest absolute Gasteiger partial charge is 0.147 e. The Morgan fingerprint density at radius 1 is 1.50 bits per heavy atom. The van der Waals surface area contributed by atoms with E-state index in [4.69, 9.17) is 28.9 Å². The largest absolute Gasteiger partial charge is 0.382 e. The minimum Gasteiger partial charge on any atom is -0.382 e. The minimum absolute atomic E-state index is 0.227. The number of hydrogen-bond acceptors (Lipinski definition) is 4. The number of nitrogens with zero attached hydrogens (tertiary/aromatic N) is 1. The Morgan fingerprint density at radius 2 is 2.19 bits per heavy atom. The third-order valence-electron chi connectivity index (χ3n) is 1.90. The monoisotopic (exact) mass is 281 g/mol. The molecular formula is C9H13Cl2N3OS. The van der Waals surface area contributed by atoms with Crippen molar-refractivity contribution in [3.8, 4) is 0 Å². The lowest BCUT2D eigenvalue weighted by Crippen LogP contribution is -2.13. The van der Waals surface area contributed by atoms with Crippen LogP contribution in [0.1, 0.15) is 6.92 Å². The van der Waals surface area contributed by atoms with Crippen molar-refractivity contribution in [3.05, 3.63) is 16.1 Å². The normalized spacial score (nSPS) is 12.4. The van der Waals surface area contributed by atoms with E-state index in [1.54, 1.807) is 0 Å². The van der Waals surface area contributed by atoms with Crippen molar-refractivity contribution < 1.29 is 4.21 Å². The molecule has 0 aliphatic carbocycles. The molecule has 1 unspecified atom stereocenters. The van der Waals surface area contributed by atoms with Gasteiger partial charge in [0.25, 0.3) is 0 Å². The van der Waals surface area contributed by atoms with E-state index in [9.17, 15) is 4.21 Å². The first-order valence-electron chi connectivity index (χ1n) is 4.75. The number of halogens is 2. The maximum Gasteiger partial charge on any atom is 0.147 e. The van der Waals surface area contributed by atoms with Gasteiger partial charge in [-0.1, -0.05) is 30.1 Å². The van der Waals surface area contributed by atoms with Crippen LogP contribution in [0.4, 0.5) is 11.6 Å². The zero-order chi connectivity index (χ0) is 12.1. The first kappa shape index (κ1) is 13.5. The predicted molar refractivity (Wildman–Crippen MR) is 70.7 cm³/mol. The quantitative estimate of drug-likeness (QED) is 0.868. The highest BCUT2D eigenvalue weighted by Crippen LogP contribution is 2.26. The van der Waals surface area contributed by atoms with Crippen molar-refractivity contribution in [2.75, 3.05) is 29.1 Å². The fourth-order valence-corrected chi connectivity index (χ4v) is 2.08. The second-order valence-corrected chi connectivity index (χ2v) is 5.72. The first-order chi connectivity index (χ1) is 7.54. The summed E-state index contributed by atoms with van der Waals surface area (Å²) in [5.74, 6) is 1.89. The van der Waals surface area contributed by atoms with Crippen LogP contribution >= 0.6 is 23.2 Å². The molecule has 3 N–H and O–H groups in total. The van der Waals surface area contributed by atoms with Gasteiger partial charge in [-0.15, -0.1) is 0 Å². The molecule has 4 nitrogen and oxygen atoms in total. The van der Waals surface area contributed by atoms with Gasteiger partial charge in [0.1, 0.15) is 11.6 Å². The predicted octanol–water partition coefficient (Wildman–Crippen LogP) is 2.15. The molecular weight excluding hydrogens is 269 g/mol. The SMILES string of the molecule is CCS(=O)CCNc1nc(N)c(Cl)cc1Cl. The van der Waals surface area contributed by atoms with Gasteiger partial charge in [0.2, 0.25) is 0 Å². The van der Waals surface area contributed by atoms with E-state index in [-0.39, 0.29) is 5.82 Å². The van der Waals surface area contributed by atoms with Crippen molar-refractivity contribution in [2.24, 2.45) is 0 Å². The van der Waals surface area contributed by atoms with Crippen LogP contribution in [-0.4, -0.2) is 27.2 Å². The number of rotatable bonds is 5. The summed E-state index contributed by atoms with van der Waals surface area (Å²) in [7, 11) is -0.808. The summed E-state index contributed by atoms with van der Waals surface area (Å²) in [5.41, 5.74) is 5.55. The van der Waals surface area contributed by atoms with Gasteiger partial charge in [0.15, 0.2) is 0 Å². The summed E-state index contributed by atoms with van der Waals surface area (Å²) < 4.78 is 11.2. The molecule has 0 fully saturated rings. The van der Waals surface area contributed by atoms with E-state index < -0.39 is 10.8 Å². The zero-order valence-electron chi connectivity index (χ0n) is 8.80. The van der Waals surface area contributed by atoms with Crippen LogP contribution in [0.3, 0.4) is 0 Å². The Morgan fingerprint density at radius 3 is 2.81 bits per heavy atom. The number of hydrogen-bond donors (Lipinski definition) is 2. The second-order valence-electron chi connectivity index (χ2n) is 3.05. The van der Waals surface area contributed by atoms with Crippen molar-refractivity contribution in [2.45, 2.75) is 6.92 Å². The van der Waals surface area contributed by atoms with Gasteiger partial charge in [0.05, 0.1) is 10.0 Å². The molecule has 0 bridgehead atoms. The molecule has 1 rings (SSSR count). The molecule has 7 heteroatoms. The second kappa shape index (κ2) is 6.27. The molecule has 1 heterocycles. The maximum absolute atomic E-state index is 11.2. The molecule has 1 atom stereocenters. The van der Waals surface area contributed by atoms with Gasteiger partial charge < -0.3 is 11.1 Å². The topological polar surface area (TPSA) is 68.0 Å². The van der Waals surface area contributed by atoms with E-state index in [1.807, 2.05) is 6.92 Å². The lowest BCUT2D eigenvalue weighted by molar-refractivity contribution is 0.684. The Kier molecular flexibility index (Phi) is 5.31. The summed E-state index contributed by atoms with van der Waals surface area (Å²) in [6.45, 7) is 2.41. The van der Waals surface area contributed by atoms with Gasteiger partial charge in [-0.25, -0.2) is 4.98 Å². The molecule has 1 aromatic rings. The number of aromatic nitrogens is 1. The summed E-state index contributed by atoms with van der Waals surface area (Å²) >= 11 is 11.7. The fraction of sp³-hybridized carbons (Fsp3) is 0.444.